The number of rotatable bonds is 3. The van der Waals surface area contributed by atoms with E-state index in [2.05, 4.69) is 22.2 Å². The van der Waals surface area contributed by atoms with Crippen molar-refractivity contribution in [2.24, 2.45) is 0 Å². The van der Waals surface area contributed by atoms with Gasteiger partial charge in [-0.2, -0.15) is 0 Å². The SMILES string of the molecule is CN1CCOC(CNc2ccc(N)c3ncccc23)C1. The number of likely N-dealkylation sites (N-methyl/N-ethyl adjacent to an activating group) is 1. The van der Waals surface area contributed by atoms with Crippen molar-refractivity contribution < 1.29 is 4.74 Å². The monoisotopic (exact) mass is 272 g/mol. The first-order valence-corrected chi connectivity index (χ1v) is 6.91. The minimum atomic E-state index is 0.220. The van der Waals surface area contributed by atoms with Gasteiger partial charge in [0.05, 0.1) is 23.9 Å². The minimum absolute atomic E-state index is 0.220. The molecule has 1 saturated heterocycles. The lowest BCUT2D eigenvalue weighted by atomic mass is 10.1. The summed E-state index contributed by atoms with van der Waals surface area (Å²) in [5, 5.41) is 4.51. The number of ether oxygens (including phenoxy) is 1. The van der Waals surface area contributed by atoms with Crippen molar-refractivity contribution in [2.75, 3.05) is 44.3 Å². The van der Waals surface area contributed by atoms with Crippen molar-refractivity contribution >= 4 is 22.3 Å². The van der Waals surface area contributed by atoms with Crippen LogP contribution in [0.3, 0.4) is 0 Å². The highest BCUT2D eigenvalue weighted by molar-refractivity contribution is 5.98. The molecule has 1 aliphatic heterocycles. The summed E-state index contributed by atoms with van der Waals surface area (Å²) in [4.78, 5) is 6.63. The molecule has 5 nitrogen and oxygen atoms in total. The Morgan fingerprint density at radius 3 is 3.20 bits per heavy atom. The zero-order chi connectivity index (χ0) is 13.9. The third-order valence-electron chi connectivity index (χ3n) is 3.66. The van der Waals surface area contributed by atoms with Crippen LogP contribution in [0.2, 0.25) is 0 Å². The molecule has 1 aromatic heterocycles. The van der Waals surface area contributed by atoms with Crippen molar-refractivity contribution in [3.05, 3.63) is 30.5 Å². The van der Waals surface area contributed by atoms with E-state index in [9.17, 15) is 0 Å². The zero-order valence-corrected chi connectivity index (χ0v) is 11.7. The molecule has 2 aromatic rings. The standard InChI is InChI=1S/C15H20N4O/c1-19-7-8-20-11(10-19)9-18-14-5-4-13(16)15-12(14)3-2-6-17-15/h2-6,11,18H,7-10,16H2,1H3. The van der Waals surface area contributed by atoms with Gasteiger partial charge in [0.15, 0.2) is 0 Å². The predicted molar refractivity (Wildman–Crippen MR) is 81.9 cm³/mol. The Labute approximate surface area is 118 Å². The van der Waals surface area contributed by atoms with E-state index in [-0.39, 0.29) is 6.10 Å². The molecule has 0 spiro atoms. The second-order valence-electron chi connectivity index (χ2n) is 5.24. The Kier molecular flexibility index (Phi) is 3.71. The number of fused-ring (bicyclic) bond motifs is 1. The summed E-state index contributed by atoms with van der Waals surface area (Å²) in [5.74, 6) is 0. The molecule has 3 rings (SSSR count). The van der Waals surface area contributed by atoms with Crippen molar-refractivity contribution in [3.63, 3.8) is 0 Å². The van der Waals surface area contributed by atoms with E-state index in [1.807, 2.05) is 24.3 Å². The Hall–Kier alpha value is -1.85. The molecule has 0 radical (unpaired) electrons. The maximum atomic E-state index is 5.96. The fourth-order valence-corrected chi connectivity index (χ4v) is 2.56. The Morgan fingerprint density at radius 1 is 1.45 bits per heavy atom. The number of anilines is 2. The number of nitrogens with one attached hydrogen (secondary N) is 1. The summed E-state index contributed by atoms with van der Waals surface area (Å²) in [6.07, 6.45) is 1.99. The number of aromatic nitrogens is 1. The first-order valence-electron chi connectivity index (χ1n) is 6.91. The quantitative estimate of drug-likeness (QED) is 0.830. The molecule has 1 fully saturated rings. The van der Waals surface area contributed by atoms with E-state index in [1.54, 1.807) is 6.20 Å². The molecule has 1 atom stereocenters. The van der Waals surface area contributed by atoms with E-state index in [1.165, 1.54) is 0 Å². The van der Waals surface area contributed by atoms with Gasteiger partial charge in [-0.25, -0.2) is 0 Å². The molecule has 0 bridgehead atoms. The van der Waals surface area contributed by atoms with Gasteiger partial charge in [0.25, 0.3) is 0 Å². The van der Waals surface area contributed by atoms with Crippen LogP contribution in [-0.4, -0.2) is 49.3 Å². The molecular formula is C15H20N4O. The van der Waals surface area contributed by atoms with E-state index in [0.29, 0.717) is 5.69 Å². The molecule has 3 N–H and O–H groups in total. The lowest BCUT2D eigenvalue weighted by molar-refractivity contribution is -0.0117. The van der Waals surface area contributed by atoms with Crippen LogP contribution in [0, 0.1) is 0 Å². The van der Waals surface area contributed by atoms with Crippen LogP contribution < -0.4 is 11.1 Å². The van der Waals surface area contributed by atoms with Crippen LogP contribution in [0.15, 0.2) is 30.5 Å². The second-order valence-corrected chi connectivity index (χ2v) is 5.24. The predicted octanol–water partition coefficient (Wildman–Crippen LogP) is 1.56. The lowest BCUT2D eigenvalue weighted by Crippen LogP contribution is -2.43. The number of hydrogen-bond donors (Lipinski definition) is 2. The highest BCUT2D eigenvalue weighted by Crippen LogP contribution is 2.26. The van der Waals surface area contributed by atoms with Crippen LogP contribution in [0.4, 0.5) is 11.4 Å². The largest absolute Gasteiger partial charge is 0.397 e. The molecule has 1 aliphatic rings. The number of morpholine rings is 1. The molecule has 5 heteroatoms. The van der Waals surface area contributed by atoms with Crippen LogP contribution in [0.5, 0.6) is 0 Å². The van der Waals surface area contributed by atoms with Crippen molar-refractivity contribution in [3.8, 4) is 0 Å². The van der Waals surface area contributed by atoms with E-state index >= 15 is 0 Å². The molecule has 1 aromatic carbocycles. The Bertz CT molecular complexity index is 601. The average Bonchev–Trinajstić information content (AvgIpc) is 2.47. The fourth-order valence-electron chi connectivity index (χ4n) is 2.56. The smallest absolute Gasteiger partial charge is 0.0951 e. The Morgan fingerprint density at radius 2 is 2.35 bits per heavy atom. The number of benzene rings is 1. The fraction of sp³-hybridized carbons (Fsp3) is 0.400. The molecule has 0 aliphatic carbocycles. The van der Waals surface area contributed by atoms with E-state index in [4.69, 9.17) is 10.5 Å². The number of nitrogens with two attached hydrogens (primary N) is 1. The lowest BCUT2D eigenvalue weighted by Gasteiger charge is -2.30. The number of nitrogen functional groups attached to an aromatic ring is 1. The van der Waals surface area contributed by atoms with Gasteiger partial charge in [-0.05, 0) is 31.3 Å². The van der Waals surface area contributed by atoms with Crippen molar-refractivity contribution in [1.29, 1.82) is 0 Å². The van der Waals surface area contributed by atoms with Gasteiger partial charge < -0.3 is 20.7 Å². The molecule has 0 saturated carbocycles. The summed E-state index contributed by atoms with van der Waals surface area (Å²) >= 11 is 0. The van der Waals surface area contributed by atoms with Crippen LogP contribution in [-0.2, 0) is 4.74 Å². The number of nitrogens with zero attached hydrogens (tertiary/aromatic N) is 2. The summed E-state index contributed by atoms with van der Waals surface area (Å²) < 4.78 is 5.76. The van der Waals surface area contributed by atoms with Gasteiger partial charge in [0, 0.05) is 36.9 Å². The summed E-state index contributed by atoms with van der Waals surface area (Å²) in [5.41, 5.74) is 8.57. The number of pyridine rings is 1. The second kappa shape index (κ2) is 5.64. The van der Waals surface area contributed by atoms with Gasteiger partial charge in [0.2, 0.25) is 0 Å². The van der Waals surface area contributed by atoms with Crippen LogP contribution >= 0.6 is 0 Å². The van der Waals surface area contributed by atoms with E-state index in [0.717, 1.165) is 42.8 Å². The van der Waals surface area contributed by atoms with Crippen LogP contribution in [0.25, 0.3) is 10.9 Å². The third-order valence-corrected chi connectivity index (χ3v) is 3.66. The minimum Gasteiger partial charge on any atom is -0.397 e. The Balaban J connectivity index is 1.76. The molecule has 0 amide bonds. The van der Waals surface area contributed by atoms with Gasteiger partial charge in [-0.1, -0.05) is 0 Å². The molecule has 2 heterocycles. The maximum Gasteiger partial charge on any atom is 0.0951 e. The van der Waals surface area contributed by atoms with Gasteiger partial charge in [0.1, 0.15) is 0 Å². The highest BCUT2D eigenvalue weighted by atomic mass is 16.5. The van der Waals surface area contributed by atoms with Crippen molar-refractivity contribution in [2.45, 2.75) is 6.10 Å². The topological polar surface area (TPSA) is 63.4 Å². The number of hydrogen-bond acceptors (Lipinski definition) is 5. The zero-order valence-electron chi connectivity index (χ0n) is 11.7. The maximum absolute atomic E-state index is 5.96. The summed E-state index contributed by atoms with van der Waals surface area (Å²) in [6.45, 7) is 3.55. The summed E-state index contributed by atoms with van der Waals surface area (Å²) in [7, 11) is 2.12. The normalized spacial score (nSPS) is 20.1. The molecule has 20 heavy (non-hydrogen) atoms. The molecule has 1 unspecified atom stereocenters. The first kappa shape index (κ1) is 13.1. The van der Waals surface area contributed by atoms with Gasteiger partial charge in [-0.3, -0.25) is 4.98 Å². The third kappa shape index (κ3) is 2.69. The van der Waals surface area contributed by atoms with E-state index < -0.39 is 0 Å². The van der Waals surface area contributed by atoms with Crippen molar-refractivity contribution in [1.82, 2.24) is 9.88 Å². The highest BCUT2D eigenvalue weighted by Gasteiger charge is 2.17. The molecular weight excluding hydrogens is 252 g/mol. The average molecular weight is 272 g/mol. The summed E-state index contributed by atoms with van der Waals surface area (Å²) in [6, 6.07) is 7.87. The van der Waals surface area contributed by atoms with Gasteiger partial charge in [-0.15, -0.1) is 0 Å². The van der Waals surface area contributed by atoms with Crippen LogP contribution in [0.1, 0.15) is 0 Å². The molecule has 106 valence electrons. The van der Waals surface area contributed by atoms with Gasteiger partial charge >= 0.3 is 0 Å². The first-order chi connectivity index (χ1) is 9.74.